The normalized spacial score (nSPS) is 26.1. The Morgan fingerprint density at radius 2 is 1.97 bits per heavy atom. The molecule has 182 valence electrons. The second kappa shape index (κ2) is 12.4. The van der Waals surface area contributed by atoms with E-state index in [-0.39, 0.29) is 18.4 Å². The topological polar surface area (TPSA) is 93.1 Å². The second-order valence-corrected chi connectivity index (χ2v) is 10.3. The van der Waals surface area contributed by atoms with Crippen LogP contribution in [0.5, 0.6) is 0 Å². The number of carbonyl (C=O) groups excluding carboxylic acids is 1. The van der Waals surface area contributed by atoms with Crippen LogP contribution in [0.2, 0.25) is 0 Å². The fourth-order valence-corrected chi connectivity index (χ4v) is 4.87. The molecule has 0 aliphatic heterocycles. The molecule has 5 atom stereocenters. The minimum Gasteiger partial charge on any atom is -0.481 e. The molecule has 2 aliphatic carbocycles. The number of allylic oxidation sites excluding steroid dienone is 2. The summed E-state index contributed by atoms with van der Waals surface area (Å²) in [5, 5.41) is 19.2. The van der Waals surface area contributed by atoms with Crippen LogP contribution in [-0.2, 0) is 14.3 Å². The molecule has 0 radical (unpaired) electrons. The van der Waals surface area contributed by atoms with Crippen molar-refractivity contribution in [1.29, 1.82) is 0 Å². The van der Waals surface area contributed by atoms with Crippen LogP contribution in [0.15, 0.2) is 23.8 Å². The number of hydrogen-bond acceptors (Lipinski definition) is 5. The first-order valence-electron chi connectivity index (χ1n) is 12.3. The quantitative estimate of drug-likeness (QED) is 0.214. The summed E-state index contributed by atoms with van der Waals surface area (Å²) in [5.74, 6) is -0.0204. The van der Waals surface area contributed by atoms with Crippen molar-refractivity contribution in [3.8, 4) is 0 Å². The van der Waals surface area contributed by atoms with Crippen molar-refractivity contribution >= 4 is 12.1 Å². The second-order valence-electron chi connectivity index (χ2n) is 10.3. The number of carbonyl (C=O) groups is 2. The first kappa shape index (κ1) is 26.4. The molecular formula is C26H42O6. The monoisotopic (exact) mass is 450 g/mol. The van der Waals surface area contributed by atoms with E-state index in [0.29, 0.717) is 18.3 Å². The van der Waals surface area contributed by atoms with Gasteiger partial charge in [0.05, 0.1) is 6.10 Å². The van der Waals surface area contributed by atoms with Crippen LogP contribution < -0.4 is 0 Å². The van der Waals surface area contributed by atoms with Crippen LogP contribution in [0.25, 0.3) is 0 Å². The number of hydrogen-bond donors (Lipinski definition) is 2. The lowest BCUT2D eigenvalue weighted by molar-refractivity contribution is -0.137. The molecule has 2 N–H and O–H groups in total. The molecular weight excluding hydrogens is 408 g/mol. The number of aliphatic hydroxyl groups excluding tert-OH is 1. The van der Waals surface area contributed by atoms with E-state index in [1.54, 1.807) is 0 Å². The standard InChI is InChI=1S/C26H42O6/c1-5-6-7-11-20(27)13-14-21-22-16-18(10-8-9-12-24(28)29)15-19(22)17-23(21)31-25(30)32-26(2,3)4/h13-15,19-23,27H,5-12,16-17H2,1-4H3,(H,28,29)/b14-13+/t19-,20-,21+,22-,23+/m0/s1. The van der Waals surface area contributed by atoms with Gasteiger partial charge >= 0.3 is 12.1 Å². The van der Waals surface area contributed by atoms with E-state index in [9.17, 15) is 14.7 Å². The molecule has 0 aromatic carbocycles. The number of aliphatic carboxylic acids is 1. The molecule has 32 heavy (non-hydrogen) atoms. The van der Waals surface area contributed by atoms with Gasteiger partial charge in [-0.25, -0.2) is 4.79 Å². The van der Waals surface area contributed by atoms with E-state index < -0.39 is 23.8 Å². The molecule has 0 aromatic rings. The maximum absolute atomic E-state index is 12.3. The third kappa shape index (κ3) is 8.97. The Morgan fingerprint density at radius 1 is 1.22 bits per heavy atom. The highest BCUT2D eigenvalue weighted by molar-refractivity contribution is 5.66. The summed E-state index contributed by atoms with van der Waals surface area (Å²) in [4.78, 5) is 23.0. The minimum absolute atomic E-state index is 0.0427. The zero-order chi connectivity index (χ0) is 23.7. The zero-order valence-corrected chi connectivity index (χ0v) is 20.2. The molecule has 0 saturated heterocycles. The van der Waals surface area contributed by atoms with Gasteiger partial charge in [-0.05, 0) is 71.1 Å². The van der Waals surface area contributed by atoms with Gasteiger partial charge in [0.1, 0.15) is 11.7 Å². The van der Waals surface area contributed by atoms with E-state index >= 15 is 0 Å². The van der Waals surface area contributed by atoms with Crippen molar-refractivity contribution in [2.75, 3.05) is 0 Å². The molecule has 6 nitrogen and oxygen atoms in total. The molecule has 0 spiro atoms. The summed E-state index contributed by atoms with van der Waals surface area (Å²) < 4.78 is 11.1. The average molecular weight is 451 g/mol. The minimum atomic E-state index is -0.743. The Labute approximate surface area is 193 Å². The highest BCUT2D eigenvalue weighted by Gasteiger charge is 2.46. The van der Waals surface area contributed by atoms with E-state index in [1.807, 2.05) is 26.8 Å². The molecule has 0 heterocycles. The molecule has 6 heteroatoms. The lowest BCUT2D eigenvalue weighted by atomic mass is 9.88. The maximum Gasteiger partial charge on any atom is 0.509 e. The Balaban J connectivity index is 2.00. The van der Waals surface area contributed by atoms with E-state index in [1.165, 1.54) is 5.57 Å². The average Bonchev–Trinajstić information content (AvgIpc) is 3.19. The summed E-state index contributed by atoms with van der Waals surface area (Å²) >= 11 is 0. The number of fused-ring (bicyclic) bond motifs is 1. The smallest absolute Gasteiger partial charge is 0.481 e. The highest BCUT2D eigenvalue weighted by atomic mass is 16.7. The SMILES string of the molecule is CCCCC[C@H](O)/C=C/[C@@H]1[C@H]2CC(CCCCC(=O)O)=C[C@H]2C[C@H]1OC(=O)OC(C)(C)C. The number of aliphatic hydroxyl groups is 1. The van der Waals surface area contributed by atoms with Gasteiger partial charge in [-0.1, -0.05) is 50.0 Å². The Bertz CT molecular complexity index is 674. The Kier molecular flexibility index (Phi) is 10.3. The van der Waals surface area contributed by atoms with Crippen molar-refractivity contribution in [3.05, 3.63) is 23.8 Å². The van der Waals surface area contributed by atoms with Crippen LogP contribution in [0.1, 0.15) is 91.9 Å². The molecule has 2 rings (SSSR count). The van der Waals surface area contributed by atoms with Crippen LogP contribution in [0, 0.1) is 17.8 Å². The molecule has 0 unspecified atom stereocenters. The number of rotatable bonds is 12. The van der Waals surface area contributed by atoms with Gasteiger partial charge in [-0.15, -0.1) is 0 Å². The lowest BCUT2D eigenvalue weighted by Gasteiger charge is -2.25. The predicted octanol–water partition coefficient (Wildman–Crippen LogP) is 6.03. The number of carboxylic acid groups (broad SMARTS) is 1. The van der Waals surface area contributed by atoms with Crippen molar-refractivity contribution in [3.63, 3.8) is 0 Å². The molecule has 0 aromatic heterocycles. The van der Waals surface area contributed by atoms with Gasteiger partial charge < -0.3 is 19.7 Å². The maximum atomic E-state index is 12.3. The van der Waals surface area contributed by atoms with Crippen molar-refractivity contribution in [2.45, 2.75) is 110 Å². The largest absolute Gasteiger partial charge is 0.509 e. The fraction of sp³-hybridized carbons (Fsp3) is 0.769. The highest BCUT2D eigenvalue weighted by Crippen LogP contribution is 2.49. The first-order chi connectivity index (χ1) is 15.1. The van der Waals surface area contributed by atoms with E-state index in [0.717, 1.165) is 51.4 Å². The summed E-state index contributed by atoms with van der Waals surface area (Å²) in [6.45, 7) is 7.61. The summed E-state index contributed by atoms with van der Waals surface area (Å²) in [7, 11) is 0. The molecule has 1 saturated carbocycles. The van der Waals surface area contributed by atoms with E-state index in [2.05, 4.69) is 19.1 Å². The van der Waals surface area contributed by atoms with Crippen molar-refractivity contribution in [2.24, 2.45) is 17.8 Å². The lowest BCUT2D eigenvalue weighted by Crippen LogP contribution is -2.30. The van der Waals surface area contributed by atoms with Crippen LogP contribution in [0.4, 0.5) is 4.79 Å². The Morgan fingerprint density at radius 3 is 2.62 bits per heavy atom. The zero-order valence-electron chi connectivity index (χ0n) is 20.2. The molecule has 2 aliphatic rings. The number of carboxylic acids is 1. The molecule has 0 bridgehead atoms. The van der Waals surface area contributed by atoms with Crippen molar-refractivity contribution in [1.82, 2.24) is 0 Å². The predicted molar refractivity (Wildman–Crippen MR) is 124 cm³/mol. The van der Waals surface area contributed by atoms with E-state index in [4.69, 9.17) is 14.6 Å². The molecule has 1 fully saturated rings. The number of unbranched alkanes of at least 4 members (excludes halogenated alkanes) is 3. The van der Waals surface area contributed by atoms with Crippen LogP contribution in [-0.4, -0.2) is 40.1 Å². The number of ether oxygens (including phenoxy) is 2. The third-order valence-corrected chi connectivity index (χ3v) is 6.36. The summed E-state index contributed by atoms with van der Waals surface area (Å²) in [6, 6.07) is 0. The summed E-state index contributed by atoms with van der Waals surface area (Å²) in [6.07, 6.45) is 13.2. The van der Waals surface area contributed by atoms with Gasteiger partial charge in [0.25, 0.3) is 0 Å². The Hall–Kier alpha value is -1.82. The fourth-order valence-electron chi connectivity index (χ4n) is 4.87. The van der Waals surface area contributed by atoms with Gasteiger partial charge in [0, 0.05) is 12.3 Å². The van der Waals surface area contributed by atoms with Gasteiger partial charge in [-0.3, -0.25) is 4.79 Å². The van der Waals surface area contributed by atoms with Gasteiger partial charge in [0.2, 0.25) is 0 Å². The van der Waals surface area contributed by atoms with Gasteiger partial charge in [0.15, 0.2) is 0 Å². The van der Waals surface area contributed by atoms with Crippen molar-refractivity contribution < 1.29 is 29.3 Å². The van der Waals surface area contributed by atoms with Crippen LogP contribution in [0.3, 0.4) is 0 Å². The summed E-state index contributed by atoms with van der Waals surface area (Å²) in [5.41, 5.74) is 0.776. The molecule has 0 amide bonds. The first-order valence-corrected chi connectivity index (χ1v) is 12.3. The van der Waals surface area contributed by atoms with Crippen LogP contribution >= 0.6 is 0 Å². The van der Waals surface area contributed by atoms with Gasteiger partial charge in [-0.2, -0.15) is 0 Å². The third-order valence-electron chi connectivity index (χ3n) is 6.36.